The fraction of sp³-hybridized carbons (Fsp3) is 0.400. The van der Waals surface area contributed by atoms with E-state index < -0.39 is 6.10 Å². The van der Waals surface area contributed by atoms with E-state index in [0.29, 0.717) is 6.42 Å². The maximum Gasteiger partial charge on any atom is 0.225 e. The molecule has 1 aromatic heterocycles. The van der Waals surface area contributed by atoms with Crippen molar-refractivity contribution >= 4 is 5.95 Å². The summed E-state index contributed by atoms with van der Waals surface area (Å²) in [6, 6.07) is 5.91. The Labute approximate surface area is 152 Å². The lowest BCUT2D eigenvalue weighted by Gasteiger charge is -2.35. The third-order valence-electron chi connectivity index (χ3n) is 5.79. The van der Waals surface area contributed by atoms with E-state index in [4.69, 9.17) is 9.47 Å². The Hall–Kier alpha value is -2.60. The van der Waals surface area contributed by atoms with Gasteiger partial charge in [0.05, 0.1) is 18.6 Å². The fourth-order valence-electron chi connectivity index (χ4n) is 4.56. The van der Waals surface area contributed by atoms with Crippen molar-refractivity contribution in [2.45, 2.75) is 37.0 Å². The Balaban J connectivity index is 1.66. The predicted molar refractivity (Wildman–Crippen MR) is 96.6 cm³/mol. The molecule has 6 heteroatoms. The molecule has 0 amide bonds. The van der Waals surface area contributed by atoms with Gasteiger partial charge in [0.1, 0.15) is 6.10 Å². The van der Waals surface area contributed by atoms with Gasteiger partial charge in [-0.2, -0.15) is 0 Å². The number of rotatable bonds is 2. The molecule has 1 spiro atoms. The molecule has 0 saturated heterocycles. The van der Waals surface area contributed by atoms with Gasteiger partial charge >= 0.3 is 0 Å². The number of nitrogens with zero attached hydrogens (tertiary/aromatic N) is 3. The Bertz CT molecular complexity index is 870. The van der Waals surface area contributed by atoms with E-state index in [1.54, 1.807) is 19.5 Å². The van der Waals surface area contributed by atoms with Crippen molar-refractivity contribution in [3.8, 4) is 11.5 Å². The minimum atomic E-state index is -0.466. The van der Waals surface area contributed by atoms with E-state index in [1.807, 2.05) is 18.2 Å². The minimum Gasteiger partial charge on any atom is -0.493 e. The van der Waals surface area contributed by atoms with Crippen LogP contribution in [0.5, 0.6) is 11.5 Å². The number of hydrogen-bond donors (Lipinski definition) is 1. The number of methoxy groups -OCH3 is 1. The summed E-state index contributed by atoms with van der Waals surface area (Å²) in [6.07, 6.45) is 8.54. The van der Waals surface area contributed by atoms with Gasteiger partial charge in [-0.15, -0.1) is 0 Å². The summed E-state index contributed by atoms with van der Waals surface area (Å²) in [7, 11) is 1.67. The molecule has 5 rings (SSSR count). The molecule has 2 aromatic rings. The highest BCUT2D eigenvalue weighted by Gasteiger charge is 2.52. The van der Waals surface area contributed by atoms with Crippen LogP contribution in [-0.2, 0) is 12.0 Å². The zero-order valence-corrected chi connectivity index (χ0v) is 14.6. The van der Waals surface area contributed by atoms with Crippen LogP contribution < -0.4 is 14.4 Å². The molecule has 26 heavy (non-hydrogen) atoms. The average Bonchev–Trinajstić information content (AvgIpc) is 2.90. The number of aliphatic hydroxyl groups excluding tert-OH is 1. The van der Waals surface area contributed by atoms with Crippen LogP contribution in [0, 0.1) is 0 Å². The van der Waals surface area contributed by atoms with Crippen LogP contribution in [0.4, 0.5) is 5.95 Å². The number of benzene rings is 1. The quantitative estimate of drug-likeness (QED) is 0.837. The Morgan fingerprint density at radius 1 is 1.31 bits per heavy atom. The fourth-order valence-corrected chi connectivity index (χ4v) is 4.56. The molecule has 1 aromatic carbocycles. The summed E-state index contributed by atoms with van der Waals surface area (Å²) in [5.41, 5.74) is 2.17. The minimum absolute atomic E-state index is 0.0795. The molecular formula is C20H21N3O3. The molecule has 0 bridgehead atoms. The maximum absolute atomic E-state index is 10.1. The SMILES string of the molecule is COc1ccc2c3c1O[C@H]1C[C@@H](O)C=CC31CCN(c1ncccn1)C2. The van der Waals surface area contributed by atoms with Gasteiger partial charge in [0, 0.05) is 37.5 Å². The van der Waals surface area contributed by atoms with Crippen molar-refractivity contribution in [3.63, 3.8) is 0 Å². The van der Waals surface area contributed by atoms with E-state index in [9.17, 15) is 5.11 Å². The molecule has 1 unspecified atom stereocenters. The van der Waals surface area contributed by atoms with Crippen molar-refractivity contribution in [3.05, 3.63) is 53.9 Å². The van der Waals surface area contributed by atoms with Gasteiger partial charge in [-0.3, -0.25) is 0 Å². The monoisotopic (exact) mass is 351 g/mol. The standard InChI is InChI=1S/C20H21N3O3/c1-25-15-4-3-13-12-23(19-21-8-2-9-22-19)10-7-20-6-5-14(24)11-16(20)26-18(15)17(13)20/h2-6,8-9,14,16,24H,7,10-12H2,1H3/t14-,16-,20?/m0/s1. The smallest absolute Gasteiger partial charge is 0.225 e. The summed E-state index contributed by atoms with van der Waals surface area (Å²) in [5.74, 6) is 2.32. The zero-order valence-electron chi connectivity index (χ0n) is 14.6. The molecule has 3 atom stereocenters. The highest BCUT2D eigenvalue weighted by atomic mass is 16.5. The summed E-state index contributed by atoms with van der Waals surface area (Å²) in [5, 5.41) is 10.1. The molecular weight excluding hydrogens is 330 g/mol. The molecule has 6 nitrogen and oxygen atoms in total. The number of anilines is 1. The number of hydrogen-bond acceptors (Lipinski definition) is 6. The molecule has 134 valence electrons. The molecule has 0 fully saturated rings. The maximum atomic E-state index is 10.1. The van der Waals surface area contributed by atoms with Gasteiger partial charge in [-0.1, -0.05) is 18.2 Å². The lowest BCUT2D eigenvalue weighted by molar-refractivity contribution is 0.0856. The normalized spacial score (nSPS) is 28.8. The second kappa shape index (κ2) is 5.71. The number of aromatic nitrogens is 2. The van der Waals surface area contributed by atoms with Crippen molar-refractivity contribution < 1.29 is 14.6 Å². The van der Waals surface area contributed by atoms with Crippen molar-refractivity contribution in [1.29, 1.82) is 0 Å². The first-order chi connectivity index (χ1) is 12.7. The summed E-state index contributed by atoms with van der Waals surface area (Å²) < 4.78 is 11.9. The van der Waals surface area contributed by atoms with Crippen LogP contribution in [0.15, 0.2) is 42.7 Å². The van der Waals surface area contributed by atoms with Crippen LogP contribution in [0.3, 0.4) is 0 Å². The molecule has 2 aliphatic heterocycles. The average molecular weight is 351 g/mol. The molecule has 1 N–H and O–H groups in total. The van der Waals surface area contributed by atoms with Crippen molar-refractivity contribution in [2.24, 2.45) is 0 Å². The summed E-state index contributed by atoms with van der Waals surface area (Å²) >= 11 is 0. The van der Waals surface area contributed by atoms with Gasteiger partial charge < -0.3 is 19.5 Å². The predicted octanol–water partition coefficient (Wildman–Crippen LogP) is 2.22. The lowest BCUT2D eigenvalue weighted by atomic mass is 9.69. The van der Waals surface area contributed by atoms with Crippen molar-refractivity contribution in [2.75, 3.05) is 18.6 Å². The summed E-state index contributed by atoms with van der Waals surface area (Å²) in [6.45, 7) is 1.55. The van der Waals surface area contributed by atoms with Gasteiger partial charge in [-0.25, -0.2) is 9.97 Å². The van der Waals surface area contributed by atoms with Crippen LogP contribution in [0.2, 0.25) is 0 Å². The molecule has 3 aliphatic rings. The first-order valence-electron chi connectivity index (χ1n) is 8.98. The Morgan fingerprint density at radius 3 is 2.96 bits per heavy atom. The lowest BCUT2D eigenvalue weighted by Crippen LogP contribution is -2.43. The Morgan fingerprint density at radius 2 is 2.15 bits per heavy atom. The highest BCUT2D eigenvalue weighted by Crippen LogP contribution is 2.55. The van der Waals surface area contributed by atoms with E-state index in [0.717, 1.165) is 37.0 Å². The number of aliphatic hydroxyl groups is 1. The van der Waals surface area contributed by atoms with E-state index >= 15 is 0 Å². The van der Waals surface area contributed by atoms with E-state index in [2.05, 4.69) is 27.0 Å². The van der Waals surface area contributed by atoms with Gasteiger partial charge in [0.2, 0.25) is 5.95 Å². The summed E-state index contributed by atoms with van der Waals surface area (Å²) in [4.78, 5) is 11.1. The third-order valence-corrected chi connectivity index (χ3v) is 5.79. The van der Waals surface area contributed by atoms with Gasteiger partial charge in [-0.05, 0) is 24.1 Å². The Kier molecular flexibility index (Phi) is 3.43. The second-order valence-corrected chi connectivity index (χ2v) is 7.16. The molecule has 1 aliphatic carbocycles. The van der Waals surface area contributed by atoms with Crippen molar-refractivity contribution in [1.82, 2.24) is 9.97 Å². The highest BCUT2D eigenvalue weighted by molar-refractivity contribution is 5.62. The van der Waals surface area contributed by atoms with E-state index in [-0.39, 0.29) is 11.5 Å². The van der Waals surface area contributed by atoms with Crippen LogP contribution in [0.1, 0.15) is 24.0 Å². The van der Waals surface area contributed by atoms with Gasteiger partial charge in [0.15, 0.2) is 11.5 Å². The first kappa shape index (κ1) is 15.6. The van der Waals surface area contributed by atoms with Gasteiger partial charge in [0.25, 0.3) is 0 Å². The first-order valence-corrected chi connectivity index (χ1v) is 8.98. The van der Waals surface area contributed by atoms with Crippen LogP contribution in [0.25, 0.3) is 0 Å². The third kappa shape index (κ3) is 2.15. The largest absolute Gasteiger partial charge is 0.493 e. The van der Waals surface area contributed by atoms with Crippen LogP contribution in [-0.4, -0.2) is 40.9 Å². The molecule has 0 radical (unpaired) electrons. The second-order valence-electron chi connectivity index (χ2n) is 7.16. The molecule has 3 heterocycles. The number of ether oxygens (including phenoxy) is 2. The molecule has 0 saturated carbocycles. The zero-order chi connectivity index (χ0) is 17.7. The van der Waals surface area contributed by atoms with E-state index in [1.165, 1.54) is 11.1 Å². The topological polar surface area (TPSA) is 67.7 Å². The van der Waals surface area contributed by atoms with Crippen LogP contribution >= 0.6 is 0 Å².